The summed E-state index contributed by atoms with van der Waals surface area (Å²) in [7, 11) is 0. The van der Waals surface area contributed by atoms with Crippen molar-refractivity contribution in [2.24, 2.45) is 0 Å². The number of aromatic nitrogens is 1. The first kappa shape index (κ1) is 18.2. The molecule has 1 N–H and O–H groups in total. The van der Waals surface area contributed by atoms with Crippen LogP contribution in [-0.2, 0) is 6.54 Å². The van der Waals surface area contributed by atoms with Crippen LogP contribution < -0.4 is 10.9 Å². The van der Waals surface area contributed by atoms with E-state index in [1.54, 1.807) is 12.1 Å². The molecule has 0 fully saturated rings. The maximum atomic E-state index is 13.5. The molecule has 0 atom stereocenters. The molecule has 25 heavy (non-hydrogen) atoms. The number of halogens is 4. The van der Waals surface area contributed by atoms with Crippen LogP contribution in [0, 0.1) is 28.5 Å². The first-order valence-electron chi connectivity index (χ1n) is 6.36. The third-order valence-electron chi connectivity index (χ3n) is 2.83. The van der Waals surface area contributed by atoms with E-state index in [9.17, 15) is 27.2 Å². The number of hydrogen-bond acceptors (Lipinski definition) is 5. The highest BCUT2D eigenvalue weighted by Gasteiger charge is 2.29. The zero-order valence-corrected chi connectivity index (χ0v) is 12.8. The van der Waals surface area contributed by atoms with Gasteiger partial charge in [0, 0.05) is 12.3 Å². The molecule has 0 bridgehead atoms. The van der Waals surface area contributed by atoms with Gasteiger partial charge in [-0.1, -0.05) is 0 Å². The molecule has 0 spiro atoms. The summed E-state index contributed by atoms with van der Waals surface area (Å²) in [6, 6.07) is 5.14. The number of carbonyl (C=O) groups is 1. The molecule has 0 unspecified atom stereocenters. The van der Waals surface area contributed by atoms with Crippen LogP contribution in [0.15, 0.2) is 23.1 Å². The SMILES string of the molecule is N#Cc1cc(C(=O)Nc2cc(F)c(=O)n(CC(F)(F)F)c2)sc1C#N. The summed E-state index contributed by atoms with van der Waals surface area (Å²) in [6.45, 7) is -1.72. The van der Waals surface area contributed by atoms with Crippen molar-refractivity contribution in [1.29, 1.82) is 10.5 Å². The van der Waals surface area contributed by atoms with E-state index in [1.165, 1.54) is 0 Å². The summed E-state index contributed by atoms with van der Waals surface area (Å²) in [5.41, 5.74) is -1.90. The second kappa shape index (κ2) is 6.75. The van der Waals surface area contributed by atoms with Crippen molar-refractivity contribution < 1.29 is 22.4 Å². The van der Waals surface area contributed by atoms with Crippen LogP contribution in [-0.4, -0.2) is 16.7 Å². The Morgan fingerprint density at radius 2 is 1.96 bits per heavy atom. The molecular weight excluding hydrogens is 364 g/mol. The van der Waals surface area contributed by atoms with Gasteiger partial charge >= 0.3 is 6.18 Å². The third-order valence-corrected chi connectivity index (χ3v) is 3.87. The first-order chi connectivity index (χ1) is 11.6. The molecule has 0 aliphatic rings. The Morgan fingerprint density at radius 1 is 1.28 bits per heavy atom. The highest BCUT2D eigenvalue weighted by atomic mass is 32.1. The Balaban J connectivity index is 2.33. The van der Waals surface area contributed by atoms with Gasteiger partial charge in [0.25, 0.3) is 11.5 Å². The van der Waals surface area contributed by atoms with Crippen molar-refractivity contribution in [3.63, 3.8) is 0 Å². The maximum absolute atomic E-state index is 13.5. The van der Waals surface area contributed by atoms with Crippen LogP contribution >= 0.6 is 11.3 Å². The van der Waals surface area contributed by atoms with Crippen LogP contribution in [0.25, 0.3) is 0 Å². The van der Waals surface area contributed by atoms with E-state index in [0.29, 0.717) is 23.6 Å². The van der Waals surface area contributed by atoms with Crippen LogP contribution in [0.4, 0.5) is 23.2 Å². The fraction of sp³-hybridized carbons (Fsp3) is 0.143. The first-order valence-corrected chi connectivity index (χ1v) is 7.18. The Hall–Kier alpha value is -3.18. The van der Waals surface area contributed by atoms with E-state index in [0.717, 1.165) is 6.07 Å². The fourth-order valence-electron chi connectivity index (χ4n) is 1.84. The lowest BCUT2D eigenvalue weighted by Gasteiger charge is -2.11. The number of nitriles is 2. The number of anilines is 1. The van der Waals surface area contributed by atoms with Crippen molar-refractivity contribution >= 4 is 22.9 Å². The van der Waals surface area contributed by atoms with E-state index in [4.69, 9.17) is 10.5 Å². The van der Waals surface area contributed by atoms with Crippen molar-refractivity contribution in [1.82, 2.24) is 4.57 Å². The molecule has 0 aliphatic heterocycles. The van der Waals surface area contributed by atoms with Crippen molar-refractivity contribution in [3.8, 4) is 12.1 Å². The topological polar surface area (TPSA) is 98.7 Å². The van der Waals surface area contributed by atoms with Crippen LogP contribution in [0.2, 0.25) is 0 Å². The van der Waals surface area contributed by atoms with Crippen LogP contribution in [0.5, 0.6) is 0 Å². The van der Waals surface area contributed by atoms with E-state index < -0.39 is 30.0 Å². The predicted molar refractivity (Wildman–Crippen MR) is 78.4 cm³/mol. The molecule has 1 amide bonds. The van der Waals surface area contributed by atoms with Crippen LogP contribution in [0.1, 0.15) is 20.1 Å². The van der Waals surface area contributed by atoms with Crippen molar-refractivity contribution in [2.45, 2.75) is 12.7 Å². The minimum Gasteiger partial charge on any atom is -0.320 e. The summed E-state index contributed by atoms with van der Waals surface area (Å²) < 4.78 is 50.8. The lowest BCUT2D eigenvalue weighted by Crippen LogP contribution is -2.30. The number of pyridine rings is 1. The molecule has 11 heteroatoms. The predicted octanol–water partition coefficient (Wildman–Crippen LogP) is 2.61. The molecule has 2 aromatic rings. The fourth-order valence-corrected chi connectivity index (χ4v) is 2.64. The standard InChI is InChI=1S/C14H6F4N4O2S/c15-9-2-8(5-22(13(9)24)6-14(16,17)18)21-12(23)10-1-7(3-19)11(4-20)25-10/h1-2,5H,6H2,(H,21,23). The number of hydrogen-bond donors (Lipinski definition) is 1. The quantitative estimate of drug-likeness (QED) is 0.840. The van der Waals surface area contributed by atoms with Crippen molar-refractivity contribution in [2.75, 3.05) is 5.32 Å². The van der Waals surface area contributed by atoms with Crippen LogP contribution in [0.3, 0.4) is 0 Å². The van der Waals surface area contributed by atoms with Gasteiger partial charge < -0.3 is 9.88 Å². The van der Waals surface area contributed by atoms with Gasteiger partial charge in [-0.3, -0.25) is 9.59 Å². The van der Waals surface area contributed by atoms with Gasteiger partial charge in [0.05, 0.1) is 16.1 Å². The molecule has 0 aliphatic carbocycles. The number of rotatable bonds is 3. The minimum atomic E-state index is -4.75. The second-order valence-electron chi connectivity index (χ2n) is 4.66. The van der Waals surface area contributed by atoms with E-state index in [1.807, 2.05) is 0 Å². The smallest absolute Gasteiger partial charge is 0.320 e. The van der Waals surface area contributed by atoms with Gasteiger partial charge in [-0.25, -0.2) is 4.39 Å². The largest absolute Gasteiger partial charge is 0.406 e. The Kier molecular flexibility index (Phi) is 4.90. The average molecular weight is 370 g/mol. The summed E-state index contributed by atoms with van der Waals surface area (Å²) >= 11 is 0.695. The molecule has 0 saturated carbocycles. The van der Waals surface area contributed by atoms with Gasteiger partial charge in [-0.2, -0.15) is 23.7 Å². The number of amides is 1. The number of carbonyl (C=O) groups excluding carboxylic acids is 1. The van der Waals surface area contributed by atoms with Gasteiger partial charge in [-0.15, -0.1) is 11.3 Å². The minimum absolute atomic E-state index is 0.0131. The Bertz CT molecular complexity index is 947. The molecule has 6 nitrogen and oxygen atoms in total. The van der Waals surface area contributed by atoms with E-state index in [2.05, 4.69) is 5.32 Å². The summed E-state index contributed by atoms with van der Waals surface area (Å²) in [4.78, 5) is 23.4. The highest BCUT2D eigenvalue weighted by Crippen LogP contribution is 2.23. The molecule has 0 aromatic carbocycles. The van der Waals surface area contributed by atoms with Gasteiger partial charge in [0.1, 0.15) is 23.6 Å². The number of thiophene rings is 1. The number of nitrogens with one attached hydrogen (secondary N) is 1. The Labute approximate surface area is 141 Å². The zero-order chi connectivity index (χ0) is 18.8. The lowest BCUT2D eigenvalue weighted by molar-refractivity contribution is -0.141. The molecule has 2 aromatic heterocycles. The monoisotopic (exact) mass is 370 g/mol. The maximum Gasteiger partial charge on any atom is 0.406 e. The number of nitrogens with zero attached hydrogens (tertiary/aromatic N) is 3. The van der Waals surface area contributed by atoms with Crippen molar-refractivity contribution in [3.05, 3.63) is 49.8 Å². The summed E-state index contributed by atoms with van der Waals surface area (Å²) in [5.74, 6) is -2.33. The summed E-state index contributed by atoms with van der Waals surface area (Å²) in [6.07, 6.45) is -4.10. The second-order valence-corrected chi connectivity index (χ2v) is 5.71. The van der Waals surface area contributed by atoms with Gasteiger partial charge in [-0.05, 0) is 6.07 Å². The molecule has 128 valence electrons. The Morgan fingerprint density at radius 3 is 2.48 bits per heavy atom. The highest BCUT2D eigenvalue weighted by molar-refractivity contribution is 7.14. The van der Waals surface area contributed by atoms with E-state index in [-0.39, 0.29) is 25.6 Å². The zero-order valence-electron chi connectivity index (χ0n) is 12.0. The normalized spacial score (nSPS) is 10.8. The molecule has 0 saturated heterocycles. The number of alkyl halides is 3. The average Bonchev–Trinajstić information content (AvgIpc) is 2.94. The molecule has 0 radical (unpaired) electrons. The van der Waals surface area contributed by atoms with Gasteiger partial charge in [0.2, 0.25) is 0 Å². The van der Waals surface area contributed by atoms with Gasteiger partial charge in [0.15, 0.2) is 5.82 Å². The summed E-state index contributed by atoms with van der Waals surface area (Å²) in [5, 5.41) is 19.8. The molecule has 2 rings (SSSR count). The molecular formula is C14H6F4N4O2S. The molecule has 2 heterocycles. The lowest BCUT2D eigenvalue weighted by atomic mass is 10.2. The van der Waals surface area contributed by atoms with E-state index >= 15 is 0 Å². The third kappa shape index (κ3) is 4.22.